The number of fused-ring (bicyclic) bond motifs is 1. The van der Waals surface area contributed by atoms with E-state index in [0.717, 1.165) is 11.1 Å². The number of benzene rings is 2. The molecule has 1 atom stereocenters. The molecule has 0 aliphatic carbocycles. The van der Waals surface area contributed by atoms with E-state index in [1.54, 1.807) is 32.5 Å². The topological polar surface area (TPSA) is 158 Å². The van der Waals surface area contributed by atoms with Crippen molar-refractivity contribution in [3.05, 3.63) is 106 Å². The maximum Gasteiger partial charge on any atom is 0.277 e. The molecule has 1 aliphatic rings. The number of anilines is 2. The molecule has 3 aromatic heterocycles. The van der Waals surface area contributed by atoms with E-state index in [0.29, 0.717) is 65.4 Å². The number of hydrogen-bond donors (Lipinski definition) is 3. The van der Waals surface area contributed by atoms with Crippen molar-refractivity contribution in [2.24, 2.45) is 0 Å². The second-order valence-corrected chi connectivity index (χ2v) is 10.4. The van der Waals surface area contributed by atoms with Gasteiger partial charge in [0.05, 0.1) is 50.7 Å². The average Bonchev–Trinajstić information content (AvgIpc) is 3.59. The van der Waals surface area contributed by atoms with Crippen LogP contribution in [0.25, 0.3) is 11.5 Å². The molecule has 0 saturated heterocycles. The van der Waals surface area contributed by atoms with Gasteiger partial charge in [0.15, 0.2) is 0 Å². The van der Waals surface area contributed by atoms with Crippen molar-refractivity contribution in [2.45, 2.75) is 38.5 Å². The number of methoxy groups -OCH3 is 2. The van der Waals surface area contributed by atoms with E-state index >= 15 is 0 Å². The summed E-state index contributed by atoms with van der Waals surface area (Å²) < 4.78 is 18.0. The normalized spacial score (nSPS) is 13.8. The summed E-state index contributed by atoms with van der Waals surface area (Å²) in [5.74, 6) is 2.77. The number of ether oxygens (including phenoxy) is 2. The third-order valence-electron chi connectivity index (χ3n) is 7.45. The fraction of sp³-hybridized carbons (Fsp3) is 0.250. The number of oxazole rings is 1. The Labute approximate surface area is 258 Å². The predicted molar refractivity (Wildman–Crippen MR) is 166 cm³/mol. The number of carbonyl (C=O) groups is 1. The van der Waals surface area contributed by atoms with Gasteiger partial charge in [0, 0.05) is 23.7 Å². The number of nitrogens with zero attached hydrogens (tertiary/aromatic N) is 5. The fourth-order valence-corrected chi connectivity index (χ4v) is 5.01. The first-order valence-corrected chi connectivity index (χ1v) is 14.4. The van der Waals surface area contributed by atoms with Crippen molar-refractivity contribution in [3.8, 4) is 23.0 Å². The van der Waals surface area contributed by atoms with E-state index in [1.165, 1.54) is 10.9 Å². The molecule has 2 aromatic carbocycles. The van der Waals surface area contributed by atoms with Gasteiger partial charge in [-0.25, -0.2) is 9.97 Å². The summed E-state index contributed by atoms with van der Waals surface area (Å²) in [7, 11) is 3.21. The van der Waals surface area contributed by atoms with Crippen molar-refractivity contribution >= 4 is 17.4 Å². The van der Waals surface area contributed by atoms with Crippen LogP contribution >= 0.6 is 0 Å². The zero-order chi connectivity index (χ0) is 31.2. The Hall–Kier alpha value is -5.72. The van der Waals surface area contributed by atoms with Gasteiger partial charge in [-0.2, -0.15) is 5.10 Å². The van der Waals surface area contributed by atoms with Gasteiger partial charge in [-0.15, -0.1) is 5.10 Å². The summed E-state index contributed by atoms with van der Waals surface area (Å²) in [6.07, 6.45) is 4.37. The minimum atomic E-state index is -0.357. The van der Waals surface area contributed by atoms with Gasteiger partial charge < -0.3 is 29.8 Å². The maximum atomic E-state index is 13.3. The van der Waals surface area contributed by atoms with Gasteiger partial charge in [0.25, 0.3) is 5.56 Å². The molecule has 1 aliphatic heterocycles. The summed E-state index contributed by atoms with van der Waals surface area (Å²) in [6.45, 7) is 0.439. The monoisotopic (exact) mass is 608 g/mol. The van der Waals surface area contributed by atoms with Gasteiger partial charge >= 0.3 is 0 Å². The van der Waals surface area contributed by atoms with Gasteiger partial charge in [-0.1, -0.05) is 18.2 Å². The Morgan fingerprint density at radius 1 is 1.04 bits per heavy atom. The van der Waals surface area contributed by atoms with Crippen molar-refractivity contribution in [1.82, 2.24) is 30.0 Å². The summed E-state index contributed by atoms with van der Waals surface area (Å²) in [5, 5.41) is 17.6. The highest BCUT2D eigenvalue weighted by molar-refractivity contribution is 5.75. The Morgan fingerprint density at radius 3 is 2.69 bits per heavy atom. The van der Waals surface area contributed by atoms with Gasteiger partial charge in [0.2, 0.25) is 11.8 Å². The molecule has 0 bridgehead atoms. The highest BCUT2D eigenvalue weighted by Gasteiger charge is 2.26. The largest absolute Gasteiger partial charge is 0.497 e. The van der Waals surface area contributed by atoms with Crippen LogP contribution in [0.5, 0.6) is 11.5 Å². The minimum Gasteiger partial charge on any atom is -0.497 e. The standard InChI is InChI=1S/C32H32N8O5/c1-43-23-10-8-21(26(14-23)44-2)15-33-28-13-9-22(38-39-28)16-34-29(41)18-40-19-36-25-12-11-24(37-30(25)32(40)42)27-17-35-31(45-27)20-6-4-3-5-7-20/h3-10,13-14,17,19,24,37H,11-12,15-16,18H2,1-2H3,(H,33,39)(H,34,41). The molecular weight excluding hydrogens is 576 g/mol. The number of nitrogens with one attached hydrogen (secondary N) is 3. The smallest absolute Gasteiger partial charge is 0.277 e. The Balaban J connectivity index is 1.03. The molecule has 1 amide bonds. The van der Waals surface area contributed by atoms with Crippen molar-refractivity contribution < 1.29 is 18.7 Å². The van der Waals surface area contributed by atoms with E-state index in [4.69, 9.17) is 13.9 Å². The van der Waals surface area contributed by atoms with Crippen LogP contribution in [-0.2, 0) is 30.8 Å². The van der Waals surface area contributed by atoms with Crippen LogP contribution in [0.15, 0.2) is 82.4 Å². The highest BCUT2D eigenvalue weighted by Crippen LogP contribution is 2.31. The summed E-state index contributed by atoms with van der Waals surface area (Å²) in [4.78, 5) is 34.9. The molecule has 0 saturated carbocycles. The lowest BCUT2D eigenvalue weighted by Gasteiger charge is -2.24. The van der Waals surface area contributed by atoms with Crippen molar-refractivity contribution in [3.63, 3.8) is 0 Å². The number of amides is 1. The molecule has 13 heteroatoms. The molecule has 6 rings (SSSR count). The Bertz CT molecular complexity index is 1840. The average molecular weight is 609 g/mol. The number of carbonyl (C=O) groups excluding carboxylic acids is 1. The van der Waals surface area contributed by atoms with E-state index in [1.807, 2.05) is 48.5 Å². The van der Waals surface area contributed by atoms with Crippen molar-refractivity contribution in [2.75, 3.05) is 24.9 Å². The van der Waals surface area contributed by atoms with E-state index in [-0.39, 0.29) is 30.6 Å². The maximum absolute atomic E-state index is 13.3. The SMILES string of the molecule is COc1ccc(CNc2ccc(CNC(=O)Cn3cnc4c(c3=O)NC(c3cnc(-c5ccccc5)o3)CC4)nn2)c(OC)c1. The third-order valence-corrected chi connectivity index (χ3v) is 7.45. The first-order valence-electron chi connectivity index (χ1n) is 14.4. The lowest BCUT2D eigenvalue weighted by atomic mass is 10.0. The first-order chi connectivity index (χ1) is 22.0. The Kier molecular flexibility index (Phi) is 8.67. The van der Waals surface area contributed by atoms with Gasteiger partial charge in [0.1, 0.15) is 35.3 Å². The second-order valence-electron chi connectivity index (χ2n) is 10.4. The highest BCUT2D eigenvalue weighted by atomic mass is 16.5. The molecule has 3 N–H and O–H groups in total. The number of rotatable bonds is 11. The van der Waals surface area contributed by atoms with E-state index < -0.39 is 0 Å². The summed E-state index contributed by atoms with van der Waals surface area (Å²) in [5.41, 5.74) is 3.07. The molecule has 0 radical (unpaired) electrons. The van der Waals surface area contributed by atoms with E-state index in [2.05, 4.69) is 36.1 Å². The molecule has 45 heavy (non-hydrogen) atoms. The van der Waals surface area contributed by atoms with E-state index in [9.17, 15) is 9.59 Å². The first kappa shape index (κ1) is 29.4. The third kappa shape index (κ3) is 6.77. The molecule has 230 valence electrons. The van der Waals surface area contributed by atoms with Crippen LogP contribution in [0.2, 0.25) is 0 Å². The lowest BCUT2D eigenvalue weighted by Crippen LogP contribution is -2.35. The number of aromatic nitrogens is 5. The molecule has 1 unspecified atom stereocenters. The zero-order valence-electron chi connectivity index (χ0n) is 24.8. The second kappa shape index (κ2) is 13.3. The van der Waals surface area contributed by atoms with Gasteiger partial charge in [-0.3, -0.25) is 14.2 Å². The van der Waals surface area contributed by atoms with Crippen LogP contribution in [0.1, 0.15) is 35.2 Å². The molecule has 5 aromatic rings. The van der Waals surface area contributed by atoms with Crippen molar-refractivity contribution in [1.29, 1.82) is 0 Å². The van der Waals surface area contributed by atoms with Crippen LogP contribution in [0, 0.1) is 0 Å². The van der Waals surface area contributed by atoms with Crippen LogP contribution in [0.4, 0.5) is 11.5 Å². The molecular formula is C32H32N8O5. The fourth-order valence-electron chi connectivity index (χ4n) is 5.01. The van der Waals surface area contributed by atoms with Crippen LogP contribution < -0.4 is 31.0 Å². The van der Waals surface area contributed by atoms with Gasteiger partial charge in [-0.05, 0) is 49.2 Å². The predicted octanol–water partition coefficient (Wildman–Crippen LogP) is 3.73. The lowest BCUT2D eigenvalue weighted by molar-refractivity contribution is -0.121. The number of hydrogen-bond acceptors (Lipinski definition) is 11. The zero-order valence-corrected chi connectivity index (χ0v) is 24.8. The minimum absolute atomic E-state index is 0.154. The van der Waals surface area contributed by atoms with Crippen LogP contribution in [-0.4, -0.2) is 44.9 Å². The van der Waals surface area contributed by atoms with Crippen LogP contribution in [0.3, 0.4) is 0 Å². The quantitative estimate of drug-likeness (QED) is 0.201. The summed E-state index contributed by atoms with van der Waals surface area (Å²) >= 11 is 0. The molecule has 4 heterocycles. The molecule has 13 nitrogen and oxygen atoms in total. The Morgan fingerprint density at radius 2 is 1.91 bits per heavy atom. The summed E-state index contributed by atoms with van der Waals surface area (Å²) in [6, 6.07) is 18.5. The molecule has 0 spiro atoms. The molecule has 0 fully saturated rings. The number of aryl methyl sites for hydroxylation is 1.